The van der Waals surface area contributed by atoms with Gasteiger partial charge in [0.1, 0.15) is 11.9 Å². The number of piperidine rings is 2. The summed E-state index contributed by atoms with van der Waals surface area (Å²) in [4.78, 5) is 17.4. The van der Waals surface area contributed by atoms with E-state index >= 15 is 0 Å². The van der Waals surface area contributed by atoms with Gasteiger partial charge in [0, 0.05) is 50.0 Å². The van der Waals surface area contributed by atoms with Crippen LogP contribution in [0, 0.1) is 34.9 Å². The van der Waals surface area contributed by atoms with Crippen LogP contribution in [0.15, 0.2) is 18.2 Å². The van der Waals surface area contributed by atoms with Gasteiger partial charge in [0.15, 0.2) is 0 Å². The number of anilines is 1. The van der Waals surface area contributed by atoms with Crippen LogP contribution in [-0.4, -0.2) is 61.7 Å². The molecule has 6 atom stereocenters. The first-order valence-corrected chi connectivity index (χ1v) is 12.3. The monoisotopic (exact) mass is 439 g/mol. The van der Waals surface area contributed by atoms with E-state index < -0.39 is 5.82 Å². The van der Waals surface area contributed by atoms with Crippen molar-refractivity contribution in [2.45, 2.75) is 57.2 Å². The molecule has 5 unspecified atom stereocenters. The molecule has 0 spiro atoms. The van der Waals surface area contributed by atoms with Gasteiger partial charge in [-0.3, -0.25) is 9.69 Å². The number of piperazine rings is 1. The van der Waals surface area contributed by atoms with E-state index in [4.69, 9.17) is 5.26 Å². The predicted molar refractivity (Wildman–Crippen MR) is 122 cm³/mol. The summed E-state index contributed by atoms with van der Waals surface area (Å²) in [7, 11) is 0. The molecule has 5 rings (SSSR count). The average Bonchev–Trinajstić information content (AvgIpc) is 2.79. The minimum atomic E-state index is -0.444. The number of nitrogens with one attached hydrogen (secondary N) is 2. The van der Waals surface area contributed by atoms with E-state index in [1.54, 1.807) is 6.07 Å². The second-order valence-corrected chi connectivity index (χ2v) is 10.3. The lowest BCUT2D eigenvalue weighted by Crippen LogP contribution is -2.64. The molecule has 3 saturated heterocycles. The molecule has 7 heteroatoms. The van der Waals surface area contributed by atoms with Crippen molar-refractivity contribution >= 4 is 11.6 Å². The van der Waals surface area contributed by atoms with Crippen molar-refractivity contribution in [1.29, 1.82) is 5.26 Å². The Morgan fingerprint density at radius 1 is 1.25 bits per heavy atom. The van der Waals surface area contributed by atoms with E-state index in [2.05, 4.69) is 27.4 Å². The lowest BCUT2D eigenvalue weighted by molar-refractivity contribution is -0.133. The van der Waals surface area contributed by atoms with E-state index in [0.717, 1.165) is 57.7 Å². The minimum absolute atomic E-state index is 0.0974. The van der Waals surface area contributed by atoms with Gasteiger partial charge in [-0.05, 0) is 75.6 Å². The molecule has 4 fully saturated rings. The molecule has 2 N–H and O–H groups in total. The fourth-order valence-corrected chi connectivity index (χ4v) is 6.71. The summed E-state index contributed by atoms with van der Waals surface area (Å²) >= 11 is 0. The van der Waals surface area contributed by atoms with E-state index in [-0.39, 0.29) is 23.4 Å². The topological polar surface area (TPSA) is 71.4 Å². The second-order valence-electron chi connectivity index (χ2n) is 10.3. The first-order chi connectivity index (χ1) is 15.5. The Balaban J connectivity index is 1.17. The predicted octanol–water partition coefficient (Wildman–Crippen LogP) is 2.49. The van der Waals surface area contributed by atoms with E-state index in [1.165, 1.54) is 18.9 Å². The number of fused-ring (bicyclic) bond motifs is 3. The largest absolute Gasteiger partial charge is 0.366 e. The summed E-state index contributed by atoms with van der Waals surface area (Å²) in [6.07, 6.45) is 5.65. The lowest BCUT2D eigenvalue weighted by atomic mass is 9.67. The van der Waals surface area contributed by atoms with Crippen LogP contribution in [0.5, 0.6) is 0 Å². The quantitative estimate of drug-likeness (QED) is 0.757. The summed E-state index contributed by atoms with van der Waals surface area (Å²) in [6, 6.07) is 7.79. The highest BCUT2D eigenvalue weighted by Crippen LogP contribution is 2.39. The summed E-state index contributed by atoms with van der Waals surface area (Å²) in [5.41, 5.74) is 0.953. The molecule has 1 saturated carbocycles. The highest BCUT2D eigenvalue weighted by Gasteiger charge is 2.47. The van der Waals surface area contributed by atoms with Gasteiger partial charge >= 0.3 is 0 Å². The normalized spacial score (nSPS) is 35.4. The third kappa shape index (κ3) is 4.11. The van der Waals surface area contributed by atoms with Crippen molar-refractivity contribution in [2.75, 3.05) is 37.6 Å². The fraction of sp³-hybridized carbons (Fsp3) is 0.680. The molecule has 1 amide bonds. The Morgan fingerprint density at radius 2 is 2.12 bits per heavy atom. The first kappa shape index (κ1) is 21.7. The van der Waals surface area contributed by atoms with E-state index in [9.17, 15) is 9.18 Å². The number of nitrogens with zero attached hydrogens (tertiary/aromatic N) is 3. The highest BCUT2D eigenvalue weighted by atomic mass is 19.1. The Hall–Kier alpha value is -2.17. The Bertz CT molecular complexity index is 901. The van der Waals surface area contributed by atoms with Crippen LogP contribution >= 0.6 is 0 Å². The van der Waals surface area contributed by atoms with Gasteiger partial charge in [0.2, 0.25) is 5.91 Å². The number of hydrogen-bond donors (Lipinski definition) is 2. The van der Waals surface area contributed by atoms with Crippen molar-refractivity contribution < 1.29 is 9.18 Å². The summed E-state index contributed by atoms with van der Waals surface area (Å²) in [6.45, 7) is 7.07. The number of benzene rings is 1. The minimum Gasteiger partial charge on any atom is -0.366 e. The number of amides is 1. The lowest BCUT2D eigenvalue weighted by Gasteiger charge is -2.50. The summed E-state index contributed by atoms with van der Waals surface area (Å²) in [5, 5.41) is 16.0. The third-order valence-electron chi connectivity index (χ3n) is 8.28. The average molecular weight is 440 g/mol. The zero-order valence-corrected chi connectivity index (χ0v) is 18.9. The molecule has 3 heterocycles. The molecular formula is C25H34FN5O. The van der Waals surface area contributed by atoms with Gasteiger partial charge in [0.25, 0.3) is 0 Å². The Labute approximate surface area is 190 Å². The van der Waals surface area contributed by atoms with Crippen molar-refractivity contribution in [3.8, 4) is 6.07 Å². The number of halogens is 1. The Kier molecular flexibility index (Phi) is 6.09. The van der Waals surface area contributed by atoms with Crippen LogP contribution in [0.25, 0.3) is 0 Å². The van der Waals surface area contributed by atoms with Gasteiger partial charge in [-0.1, -0.05) is 0 Å². The number of rotatable bonds is 3. The smallest absolute Gasteiger partial charge is 0.224 e. The molecular weight excluding hydrogens is 405 g/mol. The summed E-state index contributed by atoms with van der Waals surface area (Å²) < 4.78 is 14.1. The SMILES string of the molecule is C[C@H]1CN(CC2CCC3C(C2)NC(=O)C2CCCNC23)CCN1c1ccc(C#N)c(F)c1. The fourth-order valence-electron chi connectivity index (χ4n) is 6.71. The first-order valence-electron chi connectivity index (χ1n) is 12.3. The van der Waals surface area contributed by atoms with Crippen LogP contribution in [-0.2, 0) is 4.79 Å². The molecule has 1 aromatic rings. The molecule has 6 nitrogen and oxygen atoms in total. The van der Waals surface area contributed by atoms with Gasteiger partial charge < -0.3 is 15.5 Å². The standard InChI is InChI=1S/C25H34FN5O/c1-16-14-30(9-10-31(16)19-6-5-18(13-27)22(26)12-19)15-17-4-7-20-23(11-17)29-25(32)21-3-2-8-28-24(20)21/h5-6,12,16-17,20-21,23-24,28H,2-4,7-11,14-15H2,1H3,(H,29,32)/t16-,17?,20?,21?,23?,24?/m0/s1. The molecule has 1 aromatic carbocycles. The van der Waals surface area contributed by atoms with Crippen LogP contribution in [0.1, 0.15) is 44.6 Å². The molecule has 0 radical (unpaired) electrons. The zero-order chi connectivity index (χ0) is 22.2. The van der Waals surface area contributed by atoms with Crippen LogP contribution < -0.4 is 15.5 Å². The number of carbonyl (C=O) groups excluding carboxylic acids is 1. The number of carbonyl (C=O) groups is 1. The molecule has 32 heavy (non-hydrogen) atoms. The maximum absolute atomic E-state index is 14.1. The third-order valence-corrected chi connectivity index (χ3v) is 8.28. The molecule has 4 aliphatic rings. The van der Waals surface area contributed by atoms with Crippen LogP contribution in [0.2, 0.25) is 0 Å². The second kappa shape index (κ2) is 8.99. The Morgan fingerprint density at radius 3 is 2.91 bits per heavy atom. The van der Waals surface area contributed by atoms with Crippen molar-refractivity contribution in [3.05, 3.63) is 29.6 Å². The molecule has 3 aliphatic heterocycles. The molecule has 0 aromatic heterocycles. The van der Waals surface area contributed by atoms with Crippen molar-refractivity contribution in [2.24, 2.45) is 17.8 Å². The molecule has 172 valence electrons. The van der Waals surface area contributed by atoms with Gasteiger partial charge in [-0.15, -0.1) is 0 Å². The van der Waals surface area contributed by atoms with E-state index in [1.807, 2.05) is 12.1 Å². The van der Waals surface area contributed by atoms with Crippen LogP contribution in [0.4, 0.5) is 10.1 Å². The maximum atomic E-state index is 14.1. The van der Waals surface area contributed by atoms with Gasteiger partial charge in [0.05, 0.1) is 11.5 Å². The van der Waals surface area contributed by atoms with E-state index in [0.29, 0.717) is 23.9 Å². The molecule has 1 aliphatic carbocycles. The zero-order valence-electron chi connectivity index (χ0n) is 18.9. The van der Waals surface area contributed by atoms with Crippen molar-refractivity contribution in [3.63, 3.8) is 0 Å². The van der Waals surface area contributed by atoms with Gasteiger partial charge in [-0.2, -0.15) is 5.26 Å². The highest BCUT2D eigenvalue weighted by molar-refractivity contribution is 5.81. The van der Waals surface area contributed by atoms with Gasteiger partial charge in [-0.25, -0.2) is 4.39 Å². The van der Waals surface area contributed by atoms with Crippen molar-refractivity contribution in [1.82, 2.24) is 15.5 Å². The molecule has 0 bridgehead atoms. The number of hydrogen-bond acceptors (Lipinski definition) is 5. The van der Waals surface area contributed by atoms with Crippen LogP contribution in [0.3, 0.4) is 0 Å². The summed E-state index contributed by atoms with van der Waals surface area (Å²) in [5.74, 6) is 1.18. The number of nitriles is 1. The maximum Gasteiger partial charge on any atom is 0.224 e.